The van der Waals surface area contributed by atoms with Gasteiger partial charge < -0.3 is 20.9 Å². The van der Waals surface area contributed by atoms with Crippen LogP contribution in [0.1, 0.15) is 17.5 Å². The number of allylic oxidation sites excluding steroid dienone is 2. The number of nitrogens with zero attached hydrogens (tertiary/aromatic N) is 3. The second kappa shape index (κ2) is 9.13. The lowest BCUT2D eigenvalue weighted by Gasteiger charge is -2.26. The number of aromatic nitrogens is 1. The van der Waals surface area contributed by atoms with E-state index in [1.165, 1.54) is 17.3 Å². The molecule has 0 spiro atoms. The SMILES string of the molecule is Cc1ccc(N2CCCN(c3ccnc4ccc(C(C=N)=C(N)C(F)(F)F)cc34)CC2)cc1. The first-order valence-electron chi connectivity index (χ1n) is 10.8. The standard InChI is InChI=1S/C25H26F3N5/c1-17-3-6-19(7-4-17)32-11-2-12-33(14-13-32)23-9-10-31-22-8-5-18(15-20(22)23)21(16-29)24(30)25(26,27)28/h3-10,15-16,29H,2,11-14,30H2,1H3. The Morgan fingerprint density at radius 3 is 2.39 bits per heavy atom. The normalized spacial score (nSPS) is 15.9. The van der Waals surface area contributed by atoms with E-state index in [1.807, 2.05) is 6.07 Å². The zero-order valence-corrected chi connectivity index (χ0v) is 18.4. The zero-order valence-electron chi connectivity index (χ0n) is 18.4. The van der Waals surface area contributed by atoms with Crippen molar-refractivity contribution in [1.82, 2.24) is 4.98 Å². The molecule has 1 saturated heterocycles. The first-order valence-corrected chi connectivity index (χ1v) is 10.8. The Bertz CT molecular complexity index is 1180. The molecule has 0 atom stereocenters. The second-order valence-electron chi connectivity index (χ2n) is 8.19. The molecule has 33 heavy (non-hydrogen) atoms. The zero-order chi connectivity index (χ0) is 23.6. The Morgan fingerprint density at radius 2 is 1.70 bits per heavy atom. The highest BCUT2D eigenvalue weighted by atomic mass is 19.4. The van der Waals surface area contributed by atoms with Crippen LogP contribution in [0.2, 0.25) is 0 Å². The molecule has 1 aliphatic heterocycles. The third kappa shape index (κ3) is 4.79. The predicted octanol–water partition coefficient (Wildman–Crippen LogP) is 5.14. The van der Waals surface area contributed by atoms with E-state index in [1.54, 1.807) is 18.3 Å². The number of benzene rings is 2. The van der Waals surface area contributed by atoms with Gasteiger partial charge in [0.2, 0.25) is 0 Å². The Kier molecular flexibility index (Phi) is 6.26. The molecule has 1 fully saturated rings. The molecule has 0 bridgehead atoms. The van der Waals surface area contributed by atoms with Crippen LogP contribution in [0.3, 0.4) is 0 Å². The number of pyridine rings is 1. The summed E-state index contributed by atoms with van der Waals surface area (Å²) in [6.45, 7) is 5.42. The predicted molar refractivity (Wildman–Crippen MR) is 128 cm³/mol. The molecule has 5 nitrogen and oxygen atoms in total. The van der Waals surface area contributed by atoms with Crippen LogP contribution in [-0.2, 0) is 0 Å². The molecule has 172 valence electrons. The van der Waals surface area contributed by atoms with E-state index < -0.39 is 11.9 Å². The molecular formula is C25H26F3N5. The number of hydrogen-bond donors (Lipinski definition) is 2. The smallest absolute Gasteiger partial charge is 0.394 e. The summed E-state index contributed by atoms with van der Waals surface area (Å²) in [6.07, 6.45) is -1.38. The van der Waals surface area contributed by atoms with Gasteiger partial charge in [-0.15, -0.1) is 0 Å². The summed E-state index contributed by atoms with van der Waals surface area (Å²) < 4.78 is 39.6. The molecular weight excluding hydrogens is 427 g/mol. The van der Waals surface area contributed by atoms with Crippen LogP contribution in [0.5, 0.6) is 0 Å². The molecule has 0 aliphatic carbocycles. The maximum atomic E-state index is 13.2. The number of rotatable bonds is 4. The number of aryl methyl sites for hydroxylation is 1. The Balaban J connectivity index is 1.67. The summed E-state index contributed by atoms with van der Waals surface area (Å²) in [4.78, 5) is 9.00. The summed E-state index contributed by atoms with van der Waals surface area (Å²) >= 11 is 0. The van der Waals surface area contributed by atoms with Gasteiger partial charge in [-0.25, -0.2) is 0 Å². The molecule has 0 unspecified atom stereocenters. The van der Waals surface area contributed by atoms with Gasteiger partial charge in [-0.3, -0.25) is 4.98 Å². The van der Waals surface area contributed by atoms with Crippen molar-refractivity contribution in [2.45, 2.75) is 19.5 Å². The molecule has 2 aromatic carbocycles. The largest absolute Gasteiger partial charge is 0.431 e. The molecule has 3 aromatic rings. The number of fused-ring (bicyclic) bond motifs is 1. The fourth-order valence-electron chi connectivity index (χ4n) is 4.22. The minimum absolute atomic E-state index is 0.248. The van der Waals surface area contributed by atoms with E-state index in [2.05, 4.69) is 46.0 Å². The highest BCUT2D eigenvalue weighted by Gasteiger charge is 2.34. The van der Waals surface area contributed by atoms with E-state index in [-0.39, 0.29) is 11.1 Å². The van der Waals surface area contributed by atoms with Gasteiger partial charge in [0.15, 0.2) is 0 Å². The van der Waals surface area contributed by atoms with Crippen molar-refractivity contribution < 1.29 is 13.2 Å². The minimum atomic E-state index is -4.70. The average molecular weight is 454 g/mol. The van der Waals surface area contributed by atoms with Crippen LogP contribution in [0.25, 0.3) is 16.5 Å². The van der Waals surface area contributed by atoms with Crippen molar-refractivity contribution in [2.75, 3.05) is 36.0 Å². The first-order chi connectivity index (χ1) is 15.8. The summed E-state index contributed by atoms with van der Waals surface area (Å²) in [5.74, 6) is 0. The summed E-state index contributed by atoms with van der Waals surface area (Å²) in [6, 6.07) is 15.2. The van der Waals surface area contributed by atoms with Crippen LogP contribution in [-0.4, -0.2) is 43.6 Å². The average Bonchev–Trinajstić information content (AvgIpc) is 3.05. The lowest BCUT2D eigenvalue weighted by atomic mass is 10.0. The maximum Gasteiger partial charge on any atom is 0.431 e. The van der Waals surface area contributed by atoms with Crippen LogP contribution < -0.4 is 15.5 Å². The van der Waals surface area contributed by atoms with Gasteiger partial charge in [-0.2, -0.15) is 13.2 Å². The molecule has 2 heterocycles. The number of alkyl halides is 3. The van der Waals surface area contributed by atoms with Gasteiger partial charge in [0.1, 0.15) is 5.70 Å². The van der Waals surface area contributed by atoms with Gasteiger partial charge >= 0.3 is 6.18 Å². The molecule has 0 amide bonds. The van der Waals surface area contributed by atoms with Gasteiger partial charge in [0, 0.05) is 60.9 Å². The van der Waals surface area contributed by atoms with Gasteiger partial charge in [-0.05, 0) is 49.2 Å². The second-order valence-corrected chi connectivity index (χ2v) is 8.19. The summed E-state index contributed by atoms with van der Waals surface area (Å²) in [7, 11) is 0. The minimum Gasteiger partial charge on any atom is -0.394 e. The van der Waals surface area contributed by atoms with Crippen molar-refractivity contribution in [1.29, 1.82) is 5.41 Å². The number of anilines is 2. The fourth-order valence-corrected chi connectivity index (χ4v) is 4.22. The Hall–Kier alpha value is -3.55. The quantitative estimate of drug-likeness (QED) is 0.537. The van der Waals surface area contributed by atoms with Crippen LogP contribution in [0, 0.1) is 12.3 Å². The molecule has 0 saturated carbocycles. The van der Waals surface area contributed by atoms with E-state index in [4.69, 9.17) is 11.1 Å². The molecule has 1 aromatic heterocycles. The molecule has 0 radical (unpaired) electrons. The maximum absolute atomic E-state index is 13.2. The Morgan fingerprint density at radius 1 is 1.00 bits per heavy atom. The van der Waals surface area contributed by atoms with E-state index in [0.717, 1.165) is 43.7 Å². The number of halogens is 3. The van der Waals surface area contributed by atoms with E-state index in [0.29, 0.717) is 11.7 Å². The van der Waals surface area contributed by atoms with Crippen molar-refractivity contribution in [3.8, 4) is 0 Å². The summed E-state index contributed by atoms with van der Waals surface area (Å²) in [5.41, 5.74) is 7.98. The first kappa shape index (κ1) is 22.6. The number of nitrogens with one attached hydrogen (secondary N) is 1. The fraction of sp³-hybridized carbons (Fsp3) is 0.280. The van der Waals surface area contributed by atoms with E-state index >= 15 is 0 Å². The van der Waals surface area contributed by atoms with Crippen LogP contribution >= 0.6 is 0 Å². The number of nitrogens with two attached hydrogens (primary N) is 1. The van der Waals surface area contributed by atoms with Crippen molar-refractivity contribution >= 4 is 34.1 Å². The molecule has 4 rings (SSSR count). The van der Waals surface area contributed by atoms with Crippen molar-refractivity contribution in [2.24, 2.45) is 5.73 Å². The monoisotopic (exact) mass is 453 g/mol. The molecule has 8 heteroatoms. The summed E-state index contributed by atoms with van der Waals surface area (Å²) in [5, 5.41) is 8.26. The lowest BCUT2D eigenvalue weighted by molar-refractivity contribution is -0.0918. The molecule has 1 aliphatic rings. The molecule has 3 N–H and O–H groups in total. The topological polar surface area (TPSA) is 69.2 Å². The third-order valence-corrected chi connectivity index (χ3v) is 6.01. The van der Waals surface area contributed by atoms with Gasteiger partial charge in [0.05, 0.1) is 5.52 Å². The highest BCUT2D eigenvalue weighted by molar-refractivity contribution is 6.11. The van der Waals surface area contributed by atoms with Crippen molar-refractivity contribution in [3.63, 3.8) is 0 Å². The van der Waals surface area contributed by atoms with Crippen LogP contribution in [0.4, 0.5) is 24.5 Å². The van der Waals surface area contributed by atoms with Gasteiger partial charge in [-0.1, -0.05) is 23.8 Å². The number of hydrogen-bond acceptors (Lipinski definition) is 5. The van der Waals surface area contributed by atoms with E-state index in [9.17, 15) is 13.2 Å². The highest BCUT2D eigenvalue weighted by Crippen LogP contribution is 2.32. The Labute approximate surface area is 190 Å². The van der Waals surface area contributed by atoms with Crippen LogP contribution in [0.15, 0.2) is 60.4 Å². The third-order valence-electron chi connectivity index (χ3n) is 6.01. The van der Waals surface area contributed by atoms with Crippen molar-refractivity contribution in [3.05, 3.63) is 71.6 Å². The van der Waals surface area contributed by atoms with Gasteiger partial charge in [0.25, 0.3) is 0 Å². The lowest BCUT2D eigenvalue weighted by Crippen LogP contribution is -2.30.